The number of rotatable bonds is 2. The van der Waals surface area contributed by atoms with E-state index in [0.29, 0.717) is 5.92 Å². The third-order valence-electron chi connectivity index (χ3n) is 3.80. The summed E-state index contributed by atoms with van der Waals surface area (Å²) in [5.41, 5.74) is 9.55. The summed E-state index contributed by atoms with van der Waals surface area (Å²) in [5, 5.41) is 0.719. The van der Waals surface area contributed by atoms with Crippen LogP contribution in [0.4, 0.5) is 5.69 Å². The Bertz CT molecular complexity index is 852. The molecule has 0 amide bonds. The van der Waals surface area contributed by atoms with Crippen molar-refractivity contribution in [3.8, 4) is 5.69 Å². The van der Waals surface area contributed by atoms with E-state index in [1.807, 2.05) is 36.4 Å². The van der Waals surface area contributed by atoms with E-state index >= 15 is 0 Å². The third-order valence-corrected chi connectivity index (χ3v) is 4.61. The normalized spacial score (nSPS) is 14.8. The summed E-state index contributed by atoms with van der Waals surface area (Å²) in [5.74, 6) is 1.60. The Kier molecular flexibility index (Phi) is 2.98. The van der Waals surface area contributed by atoms with E-state index in [0.717, 1.165) is 37.7 Å². The quantitative estimate of drug-likeness (QED) is 0.659. The standard InChI is InChI=1S/C16H13BrClN3/c17-10-3-5-12(18)15(7-10)21-14-6-4-11(19)8-13(14)20-16(21)9-1-2-9/h3-9H,1-2,19H2. The number of nitrogen functional groups attached to an aromatic ring is 1. The SMILES string of the molecule is Nc1ccc2c(c1)nc(C1CC1)n2-c1cc(Br)ccc1Cl. The first-order valence-corrected chi connectivity index (χ1v) is 8.04. The van der Waals surface area contributed by atoms with E-state index in [9.17, 15) is 0 Å². The molecular formula is C16H13BrClN3. The Morgan fingerprint density at radius 3 is 2.76 bits per heavy atom. The largest absolute Gasteiger partial charge is 0.399 e. The molecule has 0 bridgehead atoms. The Morgan fingerprint density at radius 1 is 1.19 bits per heavy atom. The summed E-state index contributed by atoms with van der Waals surface area (Å²) in [6.07, 6.45) is 2.37. The highest BCUT2D eigenvalue weighted by atomic mass is 79.9. The van der Waals surface area contributed by atoms with E-state index in [2.05, 4.69) is 20.5 Å². The molecule has 2 aromatic carbocycles. The first kappa shape index (κ1) is 13.2. The zero-order valence-corrected chi connectivity index (χ0v) is 13.5. The van der Waals surface area contributed by atoms with Gasteiger partial charge in [-0.05, 0) is 49.2 Å². The van der Waals surface area contributed by atoms with Crippen LogP contribution in [-0.4, -0.2) is 9.55 Å². The van der Waals surface area contributed by atoms with Gasteiger partial charge in [-0.1, -0.05) is 27.5 Å². The second-order valence-corrected chi connectivity index (χ2v) is 6.75. The molecule has 0 saturated heterocycles. The fourth-order valence-corrected chi connectivity index (χ4v) is 3.19. The van der Waals surface area contributed by atoms with Gasteiger partial charge < -0.3 is 5.73 Å². The van der Waals surface area contributed by atoms with E-state index in [-0.39, 0.29) is 0 Å². The van der Waals surface area contributed by atoms with Crippen LogP contribution in [0, 0.1) is 0 Å². The van der Waals surface area contributed by atoms with Crippen molar-refractivity contribution in [2.75, 3.05) is 5.73 Å². The molecule has 1 fully saturated rings. The summed E-state index contributed by atoms with van der Waals surface area (Å²) in [6.45, 7) is 0. The highest BCUT2D eigenvalue weighted by Crippen LogP contribution is 2.43. The number of hydrogen-bond donors (Lipinski definition) is 1. The fourth-order valence-electron chi connectivity index (χ4n) is 2.64. The highest BCUT2D eigenvalue weighted by Gasteiger charge is 2.30. The van der Waals surface area contributed by atoms with E-state index < -0.39 is 0 Å². The fraction of sp³-hybridized carbons (Fsp3) is 0.188. The molecule has 2 N–H and O–H groups in total. The lowest BCUT2D eigenvalue weighted by molar-refractivity contribution is 0.896. The minimum atomic E-state index is 0.522. The van der Waals surface area contributed by atoms with Crippen LogP contribution in [0.25, 0.3) is 16.7 Å². The van der Waals surface area contributed by atoms with Crippen molar-refractivity contribution in [2.24, 2.45) is 0 Å². The van der Waals surface area contributed by atoms with E-state index in [1.54, 1.807) is 0 Å². The van der Waals surface area contributed by atoms with E-state index in [1.165, 1.54) is 12.8 Å². The zero-order valence-electron chi connectivity index (χ0n) is 11.2. The second kappa shape index (κ2) is 4.75. The molecule has 1 saturated carbocycles. The van der Waals surface area contributed by atoms with Crippen LogP contribution < -0.4 is 5.73 Å². The van der Waals surface area contributed by atoms with Crippen molar-refractivity contribution in [1.29, 1.82) is 0 Å². The van der Waals surface area contributed by atoms with Crippen molar-refractivity contribution in [1.82, 2.24) is 9.55 Å². The van der Waals surface area contributed by atoms with Gasteiger partial charge in [0.15, 0.2) is 0 Å². The monoisotopic (exact) mass is 361 g/mol. The molecule has 0 spiro atoms. The van der Waals surface area contributed by atoms with Gasteiger partial charge in [-0.3, -0.25) is 4.57 Å². The Labute approximate surface area is 135 Å². The average Bonchev–Trinajstić information content (AvgIpc) is 3.23. The summed E-state index contributed by atoms with van der Waals surface area (Å²) in [6, 6.07) is 11.7. The Morgan fingerprint density at radius 2 is 2.00 bits per heavy atom. The molecule has 1 aromatic heterocycles. The van der Waals surface area contributed by atoms with Gasteiger partial charge in [0.1, 0.15) is 5.82 Å². The molecule has 0 atom stereocenters. The van der Waals surface area contributed by atoms with Crippen molar-refractivity contribution in [3.63, 3.8) is 0 Å². The summed E-state index contributed by atoms with van der Waals surface area (Å²) in [4.78, 5) is 4.79. The maximum absolute atomic E-state index is 6.42. The molecule has 0 radical (unpaired) electrons. The predicted octanol–water partition coefficient (Wildman–Crippen LogP) is 4.90. The lowest BCUT2D eigenvalue weighted by atomic mass is 10.2. The van der Waals surface area contributed by atoms with Crippen molar-refractivity contribution < 1.29 is 0 Å². The lowest BCUT2D eigenvalue weighted by Gasteiger charge is -2.11. The van der Waals surface area contributed by atoms with Gasteiger partial charge in [-0.2, -0.15) is 0 Å². The molecule has 1 aliphatic rings. The first-order valence-electron chi connectivity index (χ1n) is 6.87. The van der Waals surface area contributed by atoms with Crippen molar-refractivity contribution in [3.05, 3.63) is 51.7 Å². The van der Waals surface area contributed by atoms with Gasteiger partial charge in [-0.25, -0.2) is 4.98 Å². The summed E-state index contributed by atoms with van der Waals surface area (Å²) >= 11 is 9.94. The lowest BCUT2D eigenvalue weighted by Crippen LogP contribution is -2.01. The predicted molar refractivity (Wildman–Crippen MR) is 90.2 cm³/mol. The second-order valence-electron chi connectivity index (χ2n) is 5.42. The molecule has 106 valence electrons. The molecule has 3 aromatic rings. The molecule has 4 rings (SSSR count). The van der Waals surface area contributed by atoms with Gasteiger partial charge in [0, 0.05) is 16.1 Å². The Balaban J connectivity index is 2.06. The molecule has 0 unspecified atom stereocenters. The maximum atomic E-state index is 6.42. The summed E-state index contributed by atoms with van der Waals surface area (Å²) < 4.78 is 3.17. The van der Waals surface area contributed by atoms with Gasteiger partial charge in [-0.15, -0.1) is 0 Å². The average molecular weight is 363 g/mol. The van der Waals surface area contributed by atoms with Gasteiger partial charge in [0.2, 0.25) is 0 Å². The topological polar surface area (TPSA) is 43.8 Å². The Hall–Kier alpha value is -1.52. The zero-order chi connectivity index (χ0) is 14.6. The third kappa shape index (κ3) is 2.23. The van der Waals surface area contributed by atoms with Gasteiger partial charge in [0.25, 0.3) is 0 Å². The molecule has 3 nitrogen and oxygen atoms in total. The van der Waals surface area contributed by atoms with E-state index in [4.69, 9.17) is 22.3 Å². The molecule has 1 heterocycles. The van der Waals surface area contributed by atoms with Crippen LogP contribution >= 0.6 is 27.5 Å². The van der Waals surface area contributed by atoms with Crippen LogP contribution in [0.2, 0.25) is 5.02 Å². The first-order chi connectivity index (χ1) is 10.1. The molecule has 21 heavy (non-hydrogen) atoms. The van der Waals surface area contributed by atoms with Crippen LogP contribution in [0.3, 0.4) is 0 Å². The number of aromatic nitrogens is 2. The number of nitrogens with zero attached hydrogens (tertiary/aromatic N) is 2. The molecule has 5 heteroatoms. The maximum Gasteiger partial charge on any atom is 0.117 e. The van der Waals surface area contributed by atoms with Crippen LogP contribution in [-0.2, 0) is 0 Å². The number of hydrogen-bond acceptors (Lipinski definition) is 2. The summed E-state index contributed by atoms with van der Waals surface area (Å²) in [7, 11) is 0. The molecule has 1 aliphatic carbocycles. The van der Waals surface area contributed by atoms with Crippen LogP contribution in [0.1, 0.15) is 24.6 Å². The minimum Gasteiger partial charge on any atom is -0.399 e. The van der Waals surface area contributed by atoms with Crippen LogP contribution in [0.15, 0.2) is 40.9 Å². The smallest absolute Gasteiger partial charge is 0.117 e. The van der Waals surface area contributed by atoms with Crippen molar-refractivity contribution in [2.45, 2.75) is 18.8 Å². The number of benzene rings is 2. The van der Waals surface area contributed by atoms with Gasteiger partial charge in [0.05, 0.1) is 21.7 Å². The van der Waals surface area contributed by atoms with Gasteiger partial charge >= 0.3 is 0 Å². The number of fused-ring (bicyclic) bond motifs is 1. The number of anilines is 1. The van der Waals surface area contributed by atoms with Crippen molar-refractivity contribution >= 4 is 44.3 Å². The number of imidazole rings is 1. The number of halogens is 2. The molecular weight excluding hydrogens is 350 g/mol. The van der Waals surface area contributed by atoms with Crippen LogP contribution in [0.5, 0.6) is 0 Å². The minimum absolute atomic E-state index is 0.522. The molecule has 0 aliphatic heterocycles. The number of nitrogens with two attached hydrogens (primary N) is 1. The highest BCUT2D eigenvalue weighted by molar-refractivity contribution is 9.10.